The number of furan rings is 5. The predicted molar refractivity (Wildman–Crippen MR) is 540 cm³/mol. The summed E-state index contributed by atoms with van der Waals surface area (Å²) >= 11 is 0. The standard InChI is InChI=1S/2C25H24N2O.C24H22N2O.2C21H24N2O/c1-15-12-13-20-19-10-6-7-11-23(19)28-25(20)24(15)27-16(2)26(3)21-14-22(27)18-9-5-4-8-17(18)21;1-16-11-12-21-20-9-5-6-10-23(20)28-25(21)24(16)27-17(2)26-14-13-22(27)19-8-4-3-7-18(19)15-26;1-15-11-12-20-19-8-4-6-10-22(19)27-24(20)23(15)26-16(2)25-14-18(26)13-17-7-3-5-9-21(17)25;1-13-8-11-18-17-6-4-5-7-19(17)24-21(18)20(13)23-14(2)22(3)15-9-10-16(23)12-15;1-14-9-10-18-17-7-3-4-8-19(17)24-21(18)20(14)23-15(2)22-12-5-6-16(23)11-13-22/h4-13,16,21-22H,14H2,1-3H3;3-12,17,22H,13-15H2,1-2H3;3-12,16,18H,13-14H2,1-2H3;4-8,11,14-16H,9-10,12H2,1-3H3;3-4,7-10,15-16H,5-6,11-13H2,1-2H3/t16-,21?,22?;17-,22?;16-,18?;14-,15?,16?;15-,16?/m00000/s1. The van der Waals surface area contributed by atoms with Crippen LogP contribution in [-0.2, 0) is 13.0 Å². The first-order valence-electron chi connectivity index (χ1n) is 48.4. The van der Waals surface area contributed by atoms with Gasteiger partial charge in [-0.15, -0.1) is 0 Å². The van der Waals surface area contributed by atoms with Gasteiger partial charge >= 0.3 is 0 Å². The van der Waals surface area contributed by atoms with Crippen molar-refractivity contribution in [2.75, 3.05) is 69.7 Å². The van der Waals surface area contributed by atoms with Crippen LogP contribution in [0.25, 0.3) is 110 Å². The van der Waals surface area contributed by atoms with Crippen molar-refractivity contribution in [1.29, 1.82) is 0 Å². The van der Waals surface area contributed by atoms with E-state index in [2.05, 4.69) is 375 Å². The number of nitrogens with zero attached hydrogens (tertiary/aromatic N) is 10. The van der Waals surface area contributed by atoms with E-state index in [1.807, 2.05) is 12.1 Å². The molecule has 15 nitrogen and oxygen atoms in total. The summed E-state index contributed by atoms with van der Waals surface area (Å²) in [6.45, 7) is 28.5. The van der Waals surface area contributed by atoms with Crippen LogP contribution in [0.15, 0.2) is 277 Å². The van der Waals surface area contributed by atoms with Gasteiger partial charge < -0.3 is 51.5 Å². The Hall–Kier alpha value is -12.5. The molecule has 5 aromatic heterocycles. The summed E-state index contributed by atoms with van der Waals surface area (Å²) in [6, 6.07) is 94.8. The average Bonchev–Trinajstić information content (AvgIpc) is 1.57. The molecule has 8 fully saturated rings. The zero-order valence-electron chi connectivity index (χ0n) is 77.6. The lowest BCUT2D eigenvalue weighted by Crippen LogP contribution is -2.56. The summed E-state index contributed by atoms with van der Waals surface area (Å²) in [7, 11) is 4.53. The molecule has 30 rings (SSSR count). The summed E-state index contributed by atoms with van der Waals surface area (Å²) in [5.74, 6) is 0. The molecule has 7 saturated heterocycles. The highest BCUT2D eigenvalue weighted by Gasteiger charge is 2.49. The van der Waals surface area contributed by atoms with E-state index in [9.17, 15) is 0 Å². The molecule has 1 saturated carbocycles. The van der Waals surface area contributed by atoms with Gasteiger partial charge in [-0.2, -0.15) is 0 Å². The lowest BCUT2D eigenvalue weighted by atomic mass is 9.95. The number of hydrogen-bond donors (Lipinski definition) is 0. The highest BCUT2D eigenvalue weighted by Crippen LogP contribution is 2.56. The quantitative estimate of drug-likeness (QED) is 0.163. The third kappa shape index (κ3) is 13.1. The summed E-state index contributed by atoms with van der Waals surface area (Å²) in [5, 5.41) is 12.2. The van der Waals surface area contributed by atoms with E-state index in [1.165, 1.54) is 195 Å². The Labute approximate surface area is 767 Å². The van der Waals surface area contributed by atoms with Crippen molar-refractivity contribution >= 4 is 144 Å². The van der Waals surface area contributed by atoms with E-state index in [0.29, 0.717) is 67.1 Å². The molecule has 131 heavy (non-hydrogen) atoms. The summed E-state index contributed by atoms with van der Waals surface area (Å²) < 4.78 is 32.0. The highest BCUT2D eigenvalue weighted by atomic mass is 16.3. The maximum Gasteiger partial charge on any atom is 0.159 e. The van der Waals surface area contributed by atoms with Gasteiger partial charge in [0.2, 0.25) is 0 Å². The molecule has 9 unspecified atom stereocenters. The second-order valence-electron chi connectivity index (χ2n) is 39.3. The molecule has 13 aromatic carbocycles. The average molecular weight is 1730 g/mol. The Bertz CT molecular complexity index is 7240. The Kier molecular flexibility index (Phi) is 20.1. The zero-order chi connectivity index (χ0) is 88.6. The van der Waals surface area contributed by atoms with Gasteiger partial charge in [0.15, 0.2) is 27.9 Å². The van der Waals surface area contributed by atoms with Crippen molar-refractivity contribution in [2.45, 2.75) is 207 Å². The van der Waals surface area contributed by atoms with Gasteiger partial charge in [0.05, 0.1) is 77.4 Å². The maximum absolute atomic E-state index is 6.44. The normalized spacial score (nSPS) is 24.7. The minimum atomic E-state index is 0.300. The van der Waals surface area contributed by atoms with Crippen LogP contribution in [-0.4, -0.2) is 115 Å². The van der Waals surface area contributed by atoms with Crippen LogP contribution in [0.3, 0.4) is 0 Å². The Morgan fingerprint density at radius 1 is 0.267 bits per heavy atom. The largest absolute Gasteiger partial charge is 0.454 e. The fourth-order valence-corrected chi connectivity index (χ4v) is 25.7. The predicted octanol–water partition coefficient (Wildman–Crippen LogP) is 27.5. The summed E-state index contributed by atoms with van der Waals surface area (Å²) in [5.41, 5.74) is 31.7. The number of fused-ring (bicyclic) bond motifs is 32. The molecule has 662 valence electrons. The van der Waals surface area contributed by atoms with Crippen LogP contribution in [0.1, 0.15) is 160 Å². The third-order valence-corrected chi connectivity index (χ3v) is 32.4. The molecule has 15 heteroatoms. The van der Waals surface area contributed by atoms with Crippen molar-refractivity contribution in [2.24, 2.45) is 0 Å². The second kappa shape index (κ2) is 32.2. The smallest absolute Gasteiger partial charge is 0.159 e. The monoisotopic (exact) mass is 1730 g/mol. The topological polar surface area (TPSA) is 98.1 Å². The van der Waals surface area contributed by atoms with E-state index >= 15 is 0 Å². The van der Waals surface area contributed by atoms with Gasteiger partial charge in [0.25, 0.3) is 0 Å². The lowest BCUT2D eigenvalue weighted by Gasteiger charge is -2.47. The van der Waals surface area contributed by atoms with Crippen LogP contribution in [0.4, 0.5) is 34.1 Å². The number of para-hydroxylation sites is 6. The van der Waals surface area contributed by atoms with Crippen LogP contribution < -0.4 is 29.4 Å². The first-order chi connectivity index (χ1) is 64.0. The first kappa shape index (κ1) is 81.7. The molecule has 0 radical (unpaired) electrons. The molecule has 0 spiro atoms. The van der Waals surface area contributed by atoms with E-state index in [-0.39, 0.29) is 0 Å². The SMILES string of the molecule is Cc1ccc2c(oc3ccccc32)c1N1C2CC(c3ccccc32)N(C)[C@@H]1C.Cc1ccc2c(oc3ccccc32)c1N1C2CCC(C2)N(C)[C@@H]1C.Cc1ccc2c(oc3ccccc32)c1N1C2CCCN(CC2)[C@@H]1C.Cc1ccc2c(oc3ccccc32)c1N1C2CCN(Cc3ccccc32)[C@@H]1C.Cc1ccc2c(oc3ccccc32)c1N1C2Cc3ccccc3N(C2)[C@@H]1C. The number of hydrogen-bond acceptors (Lipinski definition) is 15. The second-order valence-corrected chi connectivity index (χ2v) is 39.3. The van der Waals surface area contributed by atoms with Crippen molar-refractivity contribution in [1.82, 2.24) is 19.6 Å². The molecular weight excluding hydrogens is 1610 g/mol. The van der Waals surface area contributed by atoms with Crippen molar-refractivity contribution in [3.8, 4) is 0 Å². The molecule has 0 amide bonds. The van der Waals surface area contributed by atoms with Gasteiger partial charge in [0.1, 0.15) is 27.9 Å². The van der Waals surface area contributed by atoms with Crippen molar-refractivity contribution in [3.63, 3.8) is 0 Å². The van der Waals surface area contributed by atoms with Crippen LogP contribution in [0, 0.1) is 34.6 Å². The van der Waals surface area contributed by atoms with Crippen LogP contribution in [0.2, 0.25) is 0 Å². The minimum Gasteiger partial charge on any atom is -0.454 e. The summed E-state index contributed by atoms with van der Waals surface area (Å²) in [6.07, 6.45) is 12.9. The fraction of sp³-hybridized carbons (Fsp3) is 0.328. The van der Waals surface area contributed by atoms with Gasteiger partial charge in [-0.1, -0.05) is 218 Å². The van der Waals surface area contributed by atoms with Crippen LogP contribution in [0.5, 0.6) is 0 Å². The van der Waals surface area contributed by atoms with E-state index < -0.39 is 0 Å². The Balaban J connectivity index is 0.0000000907. The number of anilines is 6. The van der Waals surface area contributed by atoms with Crippen molar-refractivity contribution in [3.05, 3.63) is 310 Å². The number of benzene rings is 13. The molecule has 2 aliphatic carbocycles. The fourth-order valence-electron chi connectivity index (χ4n) is 25.7. The molecule has 18 aromatic rings. The minimum absolute atomic E-state index is 0.300. The first-order valence-corrected chi connectivity index (χ1v) is 48.4. The number of rotatable bonds is 5. The number of aryl methyl sites for hydroxylation is 5. The van der Waals surface area contributed by atoms with Crippen LogP contribution >= 0.6 is 0 Å². The van der Waals surface area contributed by atoms with Gasteiger partial charge in [-0.05, 0) is 233 Å². The van der Waals surface area contributed by atoms with Crippen molar-refractivity contribution < 1.29 is 22.1 Å². The van der Waals surface area contributed by atoms with E-state index in [1.54, 1.807) is 0 Å². The molecule has 12 aliphatic rings. The molecule has 10 bridgehead atoms. The highest BCUT2D eigenvalue weighted by molar-refractivity contribution is 6.14. The van der Waals surface area contributed by atoms with Gasteiger partial charge in [0, 0.05) is 116 Å². The maximum atomic E-state index is 6.44. The van der Waals surface area contributed by atoms with E-state index in [0.717, 1.165) is 101 Å². The van der Waals surface area contributed by atoms with Gasteiger partial charge in [-0.3, -0.25) is 19.6 Å². The molecule has 15 heterocycles. The lowest BCUT2D eigenvalue weighted by molar-refractivity contribution is 0.131. The van der Waals surface area contributed by atoms with E-state index in [4.69, 9.17) is 22.1 Å². The molecule has 14 atom stereocenters. The summed E-state index contributed by atoms with van der Waals surface area (Å²) in [4.78, 5) is 25.9. The Morgan fingerprint density at radius 2 is 0.641 bits per heavy atom. The third-order valence-electron chi connectivity index (χ3n) is 32.4. The molecule has 0 N–H and O–H groups in total. The molecular formula is C116H118N10O5. The Morgan fingerprint density at radius 3 is 1.13 bits per heavy atom. The zero-order valence-corrected chi connectivity index (χ0v) is 77.6. The molecule has 10 aliphatic heterocycles. The van der Waals surface area contributed by atoms with Gasteiger partial charge in [-0.25, -0.2) is 0 Å².